The van der Waals surface area contributed by atoms with E-state index in [-0.39, 0.29) is 38.1 Å². The summed E-state index contributed by atoms with van der Waals surface area (Å²) in [5, 5.41) is 0. The van der Waals surface area contributed by atoms with E-state index >= 15 is 0 Å². The number of rotatable bonds is 8. The maximum absolute atomic E-state index is 13.1. The summed E-state index contributed by atoms with van der Waals surface area (Å²) in [6, 6.07) is 11.2. The van der Waals surface area contributed by atoms with E-state index in [2.05, 4.69) is 4.98 Å². The molecule has 0 saturated carbocycles. The lowest BCUT2D eigenvalue weighted by Gasteiger charge is -2.25. The molecule has 0 bridgehead atoms. The molecule has 0 aliphatic carbocycles. The van der Waals surface area contributed by atoms with Crippen molar-refractivity contribution < 1.29 is 28.6 Å². The molecule has 0 N–H and O–H groups in total. The molecule has 2 fully saturated rings. The van der Waals surface area contributed by atoms with Crippen molar-refractivity contribution >= 4 is 17.9 Å². The quantitative estimate of drug-likeness (QED) is 0.576. The number of amides is 3. The zero-order valence-corrected chi connectivity index (χ0v) is 19.1. The minimum absolute atomic E-state index is 0.0764. The highest BCUT2D eigenvalue weighted by Crippen LogP contribution is 2.17. The number of pyridine rings is 1. The van der Waals surface area contributed by atoms with Gasteiger partial charge in [0.2, 0.25) is 11.8 Å². The van der Waals surface area contributed by atoms with Gasteiger partial charge in [0, 0.05) is 32.0 Å². The van der Waals surface area contributed by atoms with Gasteiger partial charge in [-0.1, -0.05) is 12.1 Å². The van der Waals surface area contributed by atoms with E-state index in [4.69, 9.17) is 14.2 Å². The molecule has 1 atom stereocenters. The van der Waals surface area contributed by atoms with Crippen LogP contribution in [-0.2, 0) is 32.2 Å². The fourth-order valence-electron chi connectivity index (χ4n) is 3.90. The van der Waals surface area contributed by atoms with Crippen LogP contribution < -0.4 is 4.74 Å². The smallest absolute Gasteiger partial charge is 0.410 e. The van der Waals surface area contributed by atoms with Crippen LogP contribution in [-0.4, -0.2) is 90.1 Å². The minimum Gasteiger partial charge on any atom is -0.497 e. The second-order valence-electron chi connectivity index (χ2n) is 8.22. The first-order valence-electron chi connectivity index (χ1n) is 11.1. The topological polar surface area (TPSA) is 102 Å². The molecule has 2 saturated heterocycles. The molecule has 1 aromatic heterocycles. The first-order chi connectivity index (χ1) is 16.5. The molecule has 34 heavy (non-hydrogen) atoms. The average Bonchev–Trinajstić information content (AvgIpc) is 3.18. The molecule has 2 aliphatic rings. The Morgan fingerprint density at radius 1 is 1.06 bits per heavy atom. The zero-order valence-electron chi connectivity index (χ0n) is 19.1. The van der Waals surface area contributed by atoms with Crippen molar-refractivity contribution in [1.82, 2.24) is 19.7 Å². The number of hydrogen-bond acceptors (Lipinski definition) is 7. The summed E-state index contributed by atoms with van der Waals surface area (Å²) >= 11 is 0. The largest absolute Gasteiger partial charge is 0.497 e. The van der Waals surface area contributed by atoms with Crippen molar-refractivity contribution in [1.29, 1.82) is 0 Å². The predicted octanol–water partition coefficient (Wildman–Crippen LogP) is 1.30. The van der Waals surface area contributed by atoms with E-state index in [0.717, 1.165) is 16.9 Å². The van der Waals surface area contributed by atoms with Crippen LogP contribution in [0.5, 0.6) is 5.75 Å². The number of ether oxygens (including phenoxy) is 3. The number of aromatic nitrogens is 1. The summed E-state index contributed by atoms with van der Waals surface area (Å²) in [6.07, 6.45) is 2.47. The maximum atomic E-state index is 13.1. The Bertz CT molecular complexity index is 1000. The molecule has 0 radical (unpaired) electrons. The van der Waals surface area contributed by atoms with Crippen molar-refractivity contribution in [2.45, 2.75) is 19.3 Å². The molecule has 3 heterocycles. The number of nitrogens with zero attached hydrogens (tertiary/aromatic N) is 4. The summed E-state index contributed by atoms with van der Waals surface area (Å²) in [4.78, 5) is 46.4. The molecule has 1 unspecified atom stereocenters. The standard InChI is InChI=1S/C24H28N4O6/c1-32-20-4-2-18(3-5-20)12-27-13-21(34-17-19-6-8-25-9-7-19)14-28(16-23(27)30)22(29)15-26-10-11-33-24(26)31/h2-9,21H,10-17H2,1H3. The second-order valence-corrected chi connectivity index (χ2v) is 8.22. The Morgan fingerprint density at radius 3 is 2.50 bits per heavy atom. The Kier molecular flexibility index (Phi) is 7.58. The van der Waals surface area contributed by atoms with Crippen LogP contribution >= 0.6 is 0 Å². The Hall–Kier alpha value is -3.66. The fraction of sp³-hybridized carbons (Fsp3) is 0.417. The van der Waals surface area contributed by atoms with Crippen LogP contribution in [0.15, 0.2) is 48.8 Å². The van der Waals surface area contributed by atoms with Gasteiger partial charge in [-0.2, -0.15) is 0 Å². The van der Waals surface area contributed by atoms with Gasteiger partial charge in [0.25, 0.3) is 0 Å². The highest BCUT2D eigenvalue weighted by atomic mass is 16.6. The summed E-state index contributed by atoms with van der Waals surface area (Å²) in [7, 11) is 1.60. The van der Waals surface area contributed by atoms with E-state index in [1.165, 1.54) is 9.80 Å². The van der Waals surface area contributed by atoms with Crippen molar-refractivity contribution in [3.8, 4) is 5.75 Å². The lowest BCUT2D eigenvalue weighted by Crippen LogP contribution is -2.45. The maximum Gasteiger partial charge on any atom is 0.410 e. The van der Waals surface area contributed by atoms with Gasteiger partial charge in [0.05, 0.1) is 32.9 Å². The van der Waals surface area contributed by atoms with Crippen LogP contribution in [0.1, 0.15) is 11.1 Å². The van der Waals surface area contributed by atoms with Crippen molar-refractivity contribution in [3.63, 3.8) is 0 Å². The van der Waals surface area contributed by atoms with Crippen molar-refractivity contribution in [3.05, 3.63) is 59.9 Å². The van der Waals surface area contributed by atoms with Crippen LogP contribution in [0.3, 0.4) is 0 Å². The number of benzene rings is 1. The second kappa shape index (κ2) is 11.0. The van der Waals surface area contributed by atoms with Gasteiger partial charge in [-0.25, -0.2) is 4.79 Å². The highest BCUT2D eigenvalue weighted by Gasteiger charge is 2.33. The number of hydrogen-bond donors (Lipinski definition) is 0. The highest BCUT2D eigenvalue weighted by molar-refractivity contribution is 5.88. The predicted molar refractivity (Wildman–Crippen MR) is 121 cm³/mol. The van der Waals surface area contributed by atoms with Crippen LogP contribution in [0.2, 0.25) is 0 Å². The molecule has 3 amide bonds. The van der Waals surface area contributed by atoms with Crippen molar-refractivity contribution in [2.24, 2.45) is 0 Å². The summed E-state index contributed by atoms with van der Waals surface area (Å²) < 4.78 is 16.3. The molecule has 4 rings (SSSR count). The Morgan fingerprint density at radius 2 is 1.82 bits per heavy atom. The molecule has 2 aromatic rings. The first-order valence-corrected chi connectivity index (χ1v) is 11.1. The summed E-state index contributed by atoms with van der Waals surface area (Å²) in [6.45, 7) is 1.73. The molecule has 1 aromatic carbocycles. The SMILES string of the molecule is COc1ccc(CN2CC(OCc3ccncc3)CN(C(=O)CN3CCOC3=O)CC2=O)cc1. The molecular weight excluding hydrogens is 440 g/mol. The van der Waals surface area contributed by atoms with Crippen LogP contribution in [0.4, 0.5) is 4.79 Å². The fourth-order valence-corrected chi connectivity index (χ4v) is 3.90. The third-order valence-corrected chi connectivity index (χ3v) is 5.82. The number of carbonyl (C=O) groups excluding carboxylic acids is 3. The van der Waals surface area contributed by atoms with Gasteiger partial charge >= 0.3 is 6.09 Å². The molecule has 10 heteroatoms. The number of carbonyl (C=O) groups is 3. The van der Waals surface area contributed by atoms with Crippen LogP contribution in [0.25, 0.3) is 0 Å². The average molecular weight is 469 g/mol. The number of methoxy groups -OCH3 is 1. The Labute approximate surface area is 198 Å². The van der Waals surface area contributed by atoms with Gasteiger partial charge in [0.15, 0.2) is 0 Å². The van der Waals surface area contributed by atoms with E-state index in [1.54, 1.807) is 24.4 Å². The van der Waals surface area contributed by atoms with E-state index < -0.39 is 12.2 Å². The van der Waals surface area contributed by atoms with Gasteiger partial charge < -0.3 is 24.0 Å². The third-order valence-electron chi connectivity index (χ3n) is 5.82. The molecular formula is C24H28N4O6. The van der Waals surface area contributed by atoms with Crippen molar-refractivity contribution in [2.75, 3.05) is 46.4 Å². The van der Waals surface area contributed by atoms with Gasteiger partial charge in [0.1, 0.15) is 18.9 Å². The van der Waals surface area contributed by atoms with Crippen LogP contribution in [0, 0.1) is 0 Å². The van der Waals surface area contributed by atoms with Gasteiger partial charge in [-0.05, 0) is 35.4 Å². The molecule has 0 spiro atoms. The zero-order chi connectivity index (χ0) is 23.9. The minimum atomic E-state index is -0.513. The van der Waals surface area contributed by atoms with Gasteiger partial charge in [-0.15, -0.1) is 0 Å². The van der Waals surface area contributed by atoms with E-state index in [9.17, 15) is 14.4 Å². The first kappa shape index (κ1) is 23.5. The Balaban J connectivity index is 1.47. The van der Waals surface area contributed by atoms with E-state index in [1.807, 2.05) is 36.4 Å². The molecule has 2 aliphatic heterocycles. The number of cyclic esters (lactones) is 1. The lowest BCUT2D eigenvalue weighted by molar-refractivity contribution is -0.139. The van der Waals surface area contributed by atoms with E-state index in [0.29, 0.717) is 26.2 Å². The third kappa shape index (κ3) is 6.02. The summed E-state index contributed by atoms with van der Waals surface area (Å²) in [5.74, 6) is 0.251. The normalized spacial score (nSPS) is 18.6. The lowest BCUT2D eigenvalue weighted by atomic mass is 10.2. The summed E-state index contributed by atoms with van der Waals surface area (Å²) in [5.41, 5.74) is 1.89. The molecule has 180 valence electrons. The monoisotopic (exact) mass is 468 g/mol. The van der Waals surface area contributed by atoms with Gasteiger partial charge in [-0.3, -0.25) is 19.5 Å². The molecule has 10 nitrogen and oxygen atoms in total.